The van der Waals surface area contributed by atoms with Crippen molar-refractivity contribution >= 4 is 50.2 Å². The molecule has 0 aromatic carbocycles. The Kier molecular flexibility index (Phi) is 1.90. The molecule has 9 nitrogen and oxygen atoms in total. The van der Waals surface area contributed by atoms with Crippen LogP contribution in [0.3, 0.4) is 0 Å². The highest BCUT2D eigenvalue weighted by Gasteiger charge is 2.04. The fourth-order valence-corrected chi connectivity index (χ4v) is 1.95. The fraction of sp³-hybridized carbons (Fsp3) is 0.375. The van der Waals surface area contributed by atoms with Gasteiger partial charge in [-0.15, -0.1) is 15.7 Å². The number of hydrogen-bond acceptors (Lipinski definition) is 6. The van der Waals surface area contributed by atoms with Crippen LogP contribution in [0.2, 0.25) is 11.3 Å². The van der Waals surface area contributed by atoms with E-state index in [-0.39, 0.29) is 11.4 Å². The summed E-state index contributed by atoms with van der Waals surface area (Å²) in [6, 6.07) is 0. The minimum absolute atomic E-state index is 0.238. The van der Waals surface area contributed by atoms with Crippen LogP contribution in [0.4, 0.5) is 5.13 Å². The average Bonchev–Trinajstić information content (AvgIpc) is 3.03. The summed E-state index contributed by atoms with van der Waals surface area (Å²) in [6.45, 7) is 0. The van der Waals surface area contributed by atoms with Gasteiger partial charge in [0.1, 0.15) is 8.66 Å². The van der Waals surface area contributed by atoms with Crippen molar-refractivity contribution < 1.29 is 29.3 Å². The Hall–Kier alpha value is -1.37. The first-order valence-electron chi connectivity index (χ1n) is 11.4. The SMILES string of the molecule is [2H]c1sc(N=C(N([2H])[2H])N([2H])[2H])nc1C([2H])([2H])SC([2H])([2H])C([2H])([2H])/C(=N/S(=O)(=O)N([2H])[2H])N([2H])[2H]. The third kappa shape index (κ3) is 7.28. The Morgan fingerprint density at radius 2 is 2.45 bits per heavy atom. The monoisotopic (exact) mass is 352 g/mol. The van der Waals surface area contributed by atoms with E-state index in [4.69, 9.17) is 20.9 Å². The lowest BCUT2D eigenvalue weighted by atomic mass is 10.5. The Morgan fingerprint density at radius 3 is 3.15 bits per heavy atom. The number of thiazole rings is 1. The molecule has 1 aromatic heterocycles. The molecule has 8 N–H and O–H groups in total. The second-order valence-electron chi connectivity index (χ2n) is 2.65. The van der Waals surface area contributed by atoms with E-state index in [9.17, 15) is 8.42 Å². The molecule has 1 heterocycles. The molecule has 0 bridgehead atoms. The Morgan fingerprint density at radius 1 is 1.60 bits per heavy atom. The molecule has 0 aliphatic heterocycles. The number of nitrogens with two attached hydrogens (primary N) is 4. The zero-order valence-corrected chi connectivity index (χ0v) is 11.6. The van der Waals surface area contributed by atoms with Gasteiger partial charge in [0.25, 0.3) is 0 Å². The second kappa shape index (κ2) is 7.42. The molecule has 0 amide bonds. The van der Waals surface area contributed by atoms with Crippen LogP contribution >= 0.6 is 23.1 Å². The molecule has 0 saturated heterocycles. The molecule has 1 aromatic rings. The number of guanidine groups is 1. The van der Waals surface area contributed by atoms with Crippen LogP contribution in [-0.2, 0) is 15.9 Å². The van der Waals surface area contributed by atoms with Crippen molar-refractivity contribution in [1.29, 1.82) is 0 Å². The van der Waals surface area contributed by atoms with Crippen molar-refractivity contribution in [2.24, 2.45) is 31.7 Å². The molecule has 0 radical (unpaired) electrons. The summed E-state index contributed by atoms with van der Waals surface area (Å²) >= 11 is -0.121. The maximum absolute atomic E-state index is 11.7. The Bertz CT molecular complexity index is 1060. The first-order valence-corrected chi connectivity index (χ1v) is 7.33. The van der Waals surface area contributed by atoms with Crippen molar-refractivity contribution in [3.8, 4) is 0 Å². The zero-order valence-electron chi connectivity index (χ0n) is 24.2. The number of nitrogens with zero attached hydrogens (tertiary/aromatic N) is 3. The highest BCUT2D eigenvalue weighted by atomic mass is 32.2. The molecule has 1 rings (SSSR count). The third-order valence-electron chi connectivity index (χ3n) is 1.21. The summed E-state index contributed by atoms with van der Waals surface area (Å²) in [5.41, 5.74) is -8.57. The maximum atomic E-state index is 11.7. The standard InChI is InChI=1S/C8H15N7O2S3/c9-6(15-20(12,16)17)1-2-18-3-5-4-19-8(13-5)14-7(10)11/h4H,1-3H2,(H2,9,15)(H2,12,16,17)(H4,10,11,13,14)/i1D2,2D2,3D2,4D/hD8. The van der Waals surface area contributed by atoms with Crippen LogP contribution < -0.4 is 22.3 Å². The van der Waals surface area contributed by atoms with E-state index in [0.717, 1.165) is 0 Å². The number of aliphatic imine (C=N–C) groups is 1. The highest BCUT2D eigenvalue weighted by Crippen LogP contribution is 2.21. The quantitative estimate of drug-likeness (QED) is 0.350. The Balaban J connectivity index is 3.49. The smallest absolute Gasteiger partial charge is 0.318 e. The van der Waals surface area contributed by atoms with Crippen molar-refractivity contribution in [3.05, 3.63) is 11.1 Å². The molecular weight excluding hydrogens is 322 g/mol. The van der Waals surface area contributed by atoms with Crippen LogP contribution in [-0.4, -0.2) is 30.9 Å². The fourth-order valence-electron chi connectivity index (χ4n) is 0.689. The predicted molar refractivity (Wildman–Crippen MR) is 83.1 cm³/mol. The molecule has 112 valence electrons. The first kappa shape index (κ1) is 5.12. The van der Waals surface area contributed by atoms with Gasteiger partial charge in [0.15, 0.2) is 14.4 Å². The van der Waals surface area contributed by atoms with Gasteiger partial charge in [-0.05, 0) is 0 Å². The molecular formula is C8H15N7O2S3. The normalized spacial score (nSPS) is 24.9. The molecule has 0 atom stereocenters. The lowest BCUT2D eigenvalue weighted by Crippen LogP contribution is -2.21. The van der Waals surface area contributed by atoms with Gasteiger partial charge in [-0.2, -0.15) is 25.2 Å². The van der Waals surface area contributed by atoms with Gasteiger partial charge >= 0.3 is 10.2 Å². The molecule has 0 spiro atoms. The van der Waals surface area contributed by atoms with Gasteiger partial charge in [0, 0.05) is 31.4 Å². The van der Waals surface area contributed by atoms with E-state index in [1.807, 2.05) is 0 Å². The lowest BCUT2D eigenvalue weighted by molar-refractivity contribution is 0.599. The van der Waals surface area contributed by atoms with E-state index in [2.05, 4.69) is 14.4 Å². The van der Waals surface area contributed by atoms with E-state index >= 15 is 0 Å². The number of hydrogen-bond donors (Lipinski definition) is 4. The van der Waals surface area contributed by atoms with Gasteiger partial charge < -0.3 is 17.2 Å². The van der Waals surface area contributed by atoms with Gasteiger partial charge in [0.2, 0.25) is 5.13 Å². The summed E-state index contributed by atoms with van der Waals surface area (Å²) in [4.78, 5) is 7.11. The summed E-state index contributed by atoms with van der Waals surface area (Å²) in [5.74, 6) is -2.66. The largest absolute Gasteiger partial charge is 0.386 e. The number of thioether (sulfide) groups is 1. The third-order valence-corrected chi connectivity index (χ3v) is 2.77. The van der Waals surface area contributed by atoms with Crippen molar-refractivity contribution in [1.82, 2.24) is 4.98 Å². The Labute approximate surface area is 146 Å². The van der Waals surface area contributed by atoms with E-state index in [0.29, 0.717) is 11.3 Å². The van der Waals surface area contributed by atoms with Crippen molar-refractivity contribution in [3.63, 3.8) is 0 Å². The average molecular weight is 353 g/mol. The van der Waals surface area contributed by atoms with Crippen molar-refractivity contribution in [2.75, 3.05) is 5.70 Å². The molecule has 0 saturated carbocycles. The highest BCUT2D eigenvalue weighted by molar-refractivity contribution is 7.98. The van der Waals surface area contributed by atoms with E-state index in [1.165, 1.54) is 0 Å². The molecule has 12 heteroatoms. The lowest BCUT2D eigenvalue weighted by Gasteiger charge is -1.99. The molecule has 0 aliphatic rings. The molecule has 0 aliphatic carbocycles. The molecule has 0 unspecified atom stereocenters. The van der Waals surface area contributed by atoms with Crippen LogP contribution in [0.15, 0.2) is 14.7 Å². The summed E-state index contributed by atoms with van der Waals surface area (Å²) in [5, 5.41) is -2.15. The van der Waals surface area contributed by atoms with E-state index < -0.39 is 78.6 Å². The second-order valence-corrected chi connectivity index (χ2v) is 5.12. The molecule has 0 fully saturated rings. The zero-order chi connectivity index (χ0) is 27.7. The van der Waals surface area contributed by atoms with Crippen LogP contribution in [0.5, 0.6) is 0 Å². The number of aromatic nitrogens is 1. The number of amidine groups is 1. The predicted octanol–water partition coefficient (Wildman–Crippen LogP) is -0.768. The first-order chi connectivity index (χ1) is 15.6. The number of rotatable bonds is 8. The van der Waals surface area contributed by atoms with Crippen LogP contribution in [0.1, 0.15) is 21.7 Å². The van der Waals surface area contributed by atoms with Gasteiger partial charge in [-0.25, -0.2) is 10.1 Å². The minimum atomic E-state index is -5.27. The maximum Gasteiger partial charge on any atom is 0.318 e. The van der Waals surface area contributed by atoms with Crippen LogP contribution in [0.25, 0.3) is 0 Å². The van der Waals surface area contributed by atoms with Gasteiger partial charge in [-0.3, -0.25) is 0 Å². The van der Waals surface area contributed by atoms with E-state index in [1.54, 1.807) is 0 Å². The summed E-state index contributed by atoms with van der Waals surface area (Å²) in [7, 11) is -5.27. The summed E-state index contributed by atoms with van der Waals surface area (Å²) < 4.78 is 138. The van der Waals surface area contributed by atoms with Crippen molar-refractivity contribution in [2.45, 2.75) is 12.1 Å². The molecule has 20 heavy (non-hydrogen) atoms. The van der Waals surface area contributed by atoms with Gasteiger partial charge in [0.05, 0.1) is 7.06 Å². The summed E-state index contributed by atoms with van der Waals surface area (Å²) in [6.07, 6.45) is -3.70. The minimum Gasteiger partial charge on any atom is -0.386 e. The van der Waals surface area contributed by atoms with Crippen LogP contribution in [0, 0.1) is 0 Å². The topological polar surface area (TPSA) is 176 Å². The van der Waals surface area contributed by atoms with Gasteiger partial charge in [-0.1, -0.05) is 0 Å².